The zero-order chi connectivity index (χ0) is 16.1. The van der Waals surface area contributed by atoms with Crippen molar-refractivity contribution in [2.24, 2.45) is 0 Å². The molecule has 0 bridgehead atoms. The van der Waals surface area contributed by atoms with E-state index in [4.69, 9.17) is 4.74 Å². The van der Waals surface area contributed by atoms with Gasteiger partial charge in [0.15, 0.2) is 0 Å². The highest BCUT2D eigenvalue weighted by molar-refractivity contribution is 5.94. The summed E-state index contributed by atoms with van der Waals surface area (Å²) in [6, 6.07) is 18.1. The Bertz CT molecular complexity index is 636. The molecule has 1 amide bonds. The molecule has 0 unspecified atom stereocenters. The summed E-state index contributed by atoms with van der Waals surface area (Å²) < 4.78 is 5.84. The molecular formula is C20H23NO2. The molecule has 2 aromatic rings. The van der Waals surface area contributed by atoms with Crippen LogP contribution in [0.2, 0.25) is 0 Å². The van der Waals surface area contributed by atoms with E-state index in [0.29, 0.717) is 19.7 Å². The fourth-order valence-electron chi connectivity index (χ4n) is 2.99. The number of amides is 1. The predicted octanol–water partition coefficient (Wildman–Crippen LogP) is 3.85. The molecule has 0 N–H and O–H groups in total. The fraction of sp³-hybridized carbons (Fsp3) is 0.350. The Labute approximate surface area is 137 Å². The molecule has 0 aromatic heterocycles. The van der Waals surface area contributed by atoms with Crippen LogP contribution in [0.15, 0.2) is 54.6 Å². The number of carbonyl (C=O) groups is 1. The van der Waals surface area contributed by atoms with Gasteiger partial charge in [0.25, 0.3) is 5.91 Å². The second kappa shape index (κ2) is 7.42. The highest BCUT2D eigenvalue weighted by Crippen LogP contribution is 2.23. The number of rotatable bonds is 4. The summed E-state index contributed by atoms with van der Waals surface area (Å²) in [5, 5.41) is 0. The van der Waals surface area contributed by atoms with Gasteiger partial charge in [-0.1, -0.05) is 55.8 Å². The number of hydrogen-bond donors (Lipinski definition) is 0. The van der Waals surface area contributed by atoms with Gasteiger partial charge < -0.3 is 9.64 Å². The average molecular weight is 309 g/mol. The zero-order valence-electron chi connectivity index (χ0n) is 13.6. The first-order valence-corrected chi connectivity index (χ1v) is 8.32. The van der Waals surface area contributed by atoms with Gasteiger partial charge in [-0.25, -0.2) is 0 Å². The number of hydrogen-bond acceptors (Lipinski definition) is 2. The lowest BCUT2D eigenvalue weighted by molar-refractivity contribution is -0.0228. The average Bonchev–Trinajstić information content (AvgIpc) is 2.63. The monoisotopic (exact) mass is 309 g/mol. The van der Waals surface area contributed by atoms with E-state index in [9.17, 15) is 4.79 Å². The lowest BCUT2D eigenvalue weighted by Gasteiger charge is -2.33. The Morgan fingerprint density at radius 2 is 1.87 bits per heavy atom. The van der Waals surface area contributed by atoms with E-state index in [2.05, 4.69) is 31.2 Å². The maximum atomic E-state index is 12.7. The molecule has 1 aliphatic rings. The van der Waals surface area contributed by atoms with E-state index in [-0.39, 0.29) is 12.0 Å². The van der Waals surface area contributed by atoms with E-state index in [1.54, 1.807) is 0 Å². The molecule has 3 rings (SSSR count). The number of benzene rings is 2. The summed E-state index contributed by atoms with van der Waals surface area (Å²) >= 11 is 0. The van der Waals surface area contributed by atoms with E-state index < -0.39 is 0 Å². The summed E-state index contributed by atoms with van der Waals surface area (Å²) in [5.41, 5.74) is 3.18. The molecule has 120 valence electrons. The van der Waals surface area contributed by atoms with Crippen LogP contribution in [0.3, 0.4) is 0 Å². The van der Waals surface area contributed by atoms with Gasteiger partial charge in [0.1, 0.15) is 6.10 Å². The molecule has 1 fully saturated rings. The summed E-state index contributed by atoms with van der Waals surface area (Å²) in [6.45, 7) is 4.01. The van der Waals surface area contributed by atoms with Crippen LogP contribution in [-0.2, 0) is 11.2 Å². The Balaban J connectivity index is 1.69. The van der Waals surface area contributed by atoms with Gasteiger partial charge in [0.05, 0.1) is 13.2 Å². The van der Waals surface area contributed by atoms with Crippen LogP contribution in [0.25, 0.3) is 0 Å². The zero-order valence-corrected chi connectivity index (χ0v) is 13.6. The molecule has 1 heterocycles. The third kappa shape index (κ3) is 3.80. The van der Waals surface area contributed by atoms with Crippen LogP contribution >= 0.6 is 0 Å². The molecule has 0 spiro atoms. The maximum Gasteiger partial charge on any atom is 0.254 e. The lowest BCUT2D eigenvalue weighted by atomic mass is 10.1. The fourth-order valence-corrected chi connectivity index (χ4v) is 2.99. The molecule has 3 nitrogen and oxygen atoms in total. The summed E-state index contributed by atoms with van der Waals surface area (Å²) in [6.07, 6.45) is 2.14. The van der Waals surface area contributed by atoms with Crippen molar-refractivity contribution >= 4 is 5.91 Å². The SMILES string of the molecule is CCCc1ccc(C(=O)N2CCO[C@@H](c3ccccc3)C2)cc1. The number of ether oxygens (including phenoxy) is 1. The van der Waals surface area contributed by atoms with Crippen LogP contribution in [0.1, 0.15) is 40.9 Å². The van der Waals surface area contributed by atoms with E-state index in [1.807, 2.05) is 35.2 Å². The van der Waals surface area contributed by atoms with Crippen molar-refractivity contribution < 1.29 is 9.53 Å². The first-order valence-electron chi connectivity index (χ1n) is 8.32. The van der Waals surface area contributed by atoms with Crippen molar-refractivity contribution in [3.05, 3.63) is 71.3 Å². The number of morpholine rings is 1. The molecule has 1 aliphatic heterocycles. The molecule has 0 aliphatic carbocycles. The first kappa shape index (κ1) is 15.8. The summed E-state index contributed by atoms with van der Waals surface area (Å²) in [7, 11) is 0. The van der Waals surface area contributed by atoms with Crippen LogP contribution in [0.4, 0.5) is 0 Å². The Kier molecular flexibility index (Phi) is 5.09. The minimum absolute atomic E-state index is 0.0340. The molecule has 1 atom stereocenters. The molecule has 2 aromatic carbocycles. The Morgan fingerprint density at radius 1 is 1.13 bits per heavy atom. The van der Waals surface area contributed by atoms with Crippen LogP contribution in [-0.4, -0.2) is 30.5 Å². The van der Waals surface area contributed by atoms with Crippen molar-refractivity contribution in [2.75, 3.05) is 19.7 Å². The van der Waals surface area contributed by atoms with Crippen LogP contribution < -0.4 is 0 Å². The second-order valence-corrected chi connectivity index (χ2v) is 5.97. The number of aryl methyl sites for hydroxylation is 1. The Morgan fingerprint density at radius 3 is 2.57 bits per heavy atom. The lowest BCUT2D eigenvalue weighted by Crippen LogP contribution is -2.42. The van der Waals surface area contributed by atoms with Crippen molar-refractivity contribution in [3.8, 4) is 0 Å². The van der Waals surface area contributed by atoms with Gasteiger partial charge in [-0.15, -0.1) is 0 Å². The molecule has 1 saturated heterocycles. The quantitative estimate of drug-likeness (QED) is 0.858. The van der Waals surface area contributed by atoms with Gasteiger partial charge in [-0.3, -0.25) is 4.79 Å². The molecule has 0 radical (unpaired) electrons. The highest BCUT2D eigenvalue weighted by atomic mass is 16.5. The van der Waals surface area contributed by atoms with Crippen molar-refractivity contribution in [3.63, 3.8) is 0 Å². The smallest absolute Gasteiger partial charge is 0.254 e. The van der Waals surface area contributed by atoms with Crippen molar-refractivity contribution in [1.82, 2.24) is 4.90 Å². The van der Waals surface area contributed by atoms with Crippen LogP contribution in [0, 0.1) is 0 Å². The van der Waals surface area contributed by atoms with E-state index in [1.165, 1.54) is 5.56 Å². The predicted molar refractivity (Wildman–Crippen MR) is 91.5 cm³/mol. The van der Waals surface area contributed by atoms with Crippen molar-refractivity contribution in [2.45, 2.75) is 25.9 Å². The van der Waals surface area contributed by atoms with Crippen molar-refractivity contribution in [1.29, 1.82) is 0 Å². The Hall–Kier alpha value is -2.13. The third-order valence-electron chi connectivity index (χ3n) is 4.26. The van der Waals surface area contributed by atoms with E-state index >= 15 is 0 Å². The first-order chi connectivity index (χ1) is 11.3. The minimum Gasteiger partial charge on any atom is -0.370 e. The number of carbonyl (C=O) groups excluding carboxylic acids is 1. The van der Waals surface area contributed by atoms with Crippen LogP contribution in [0.5, 0.6) is 0 Å². The van der Waals surface area contributed by atoms with E-state index in [0.717, 1.165) is 24.0 Å². The summed E-state index contributed by atoms with van der Waals surface area (Å²) in [4.78, 5) is 14.6. The van der Waals surface area contributed by atoms with Gasteiger partial charge in [0.2, 0.25) is 0 Å². The molecule has 0 saturated carbocycles. The van der Waals surface area contributed by atoms with Gasteiger partial charge in [0, 0.05) is 12.1 Å². The second-order valence-electron chi connectivity index (χ2n) is 5.97. The highest BCUT2D eigenvalue weighted by Gasteiger charge is 2.25. The van der Waals surface area contributed by atoms with Gasteiger partial charge >= 0.3 is 0 Å². The standard InChI is InChI=1S/C20H23NO2/c1-2-6-16-9-11-18(12-10-16)20(22)21-13-14-23-19(15-21)17-7-4-3-5-8-17/h3-5,7-12,19H,2,6,13-15H2,1H3/t19-/m1/s1. The largest absolute Gasteiger partial charge is 0.370 e. The van der Waals surface area contributed by atoms with Gasteiger partial charge in [-0.2, -0.15) is 0 Å². The minimum atomic E-state index is -0.0340. The number of nitrogens with zero attached hydrogens (tertiary/aromatic N) is 1. The molecular weight excluding hydrogens is 286 g/mol. The molecule has 23 heavy (non-hydrogen) atoms. The maximum absolute atomic E-state index is 12.7. The topological polar surface area (TPSA) is 29.5 Å². The normalized spacial score (nSPS) is 18.0. The molecule has 3 heteroatoms. The summed E-state index contributed by atoms with van der Waals surface area (Å²) in [5.74, 6) is 0.0947. The van der Waals surface area contributed by atoms with Gasteiger partial charge in [-0.05, 0) is 29.7 Å². The third-order valence-corrected chi connectivity index (χ3v) is 4.26.